The van der Waals surface area contributed by atoms with Crippen LogP contribution in [0.2, 0.25) is 0 Å². The molecule has 1 N–H and O–H groups in total. The van der Waals surface area contributed by atoms with Gasteiger partial charge in [-0.1, -0.05) is 24.2 Å². The van der Waals surface area contributed by atoms with Crippen LogP contribution < -0.4 is 10.1 Å². The highest BCUT2D eigenvalue weighted by atomic mass is 19.1. The molecular weight excluding hydrogens is 665 g/mol. The fraction of sp³-hybridized carbons (Fsp3) is 0.256. The molecule has 8 rings (SSSR count). The average Bonchev–Trinajstić information content (AvgIpc) is 3.93. The smallest absolute Gasteiger partial charge is 0.176 e. The van der Waals surface area contributed by atoms with Gasteiger partial charge in [0.2, 0.25) is 0 Å². The number of fused-ring (bicyclic) bond motifs is 2. The average molecular weight is 704 g/mol. The molecule has 8 aromatic rings. The summed E-state index contributed by atoms with van der Waals surface area (Å²) >= 11 is 0. The molecule has 0 amide bonds. The Kier molecular flexibility index (Phi) is 8.87. The summed E-state index contributed by atoms with van der Waals surface area (Å²) < 4.78 is 43.3. The van der Waals surface area contributed by atoms with Crippen LogP contribution in [0.25, 0.3) is 55.7 Å². The molecule has 0 aliphatic rings. The maximum atomic E-state index is 13.6. The van der Waals surface area contributed by atoms with E-state index in [9.17, 15) is 4.39 Å². The van der Waals surface area contributed by atoms with Crippen LogP contribution in [0.1, 0.15) is 54.2 Å². The highest BCUT2D eigenvalue weighted by molar-refractivity contribution is 5.95. The van der Waals surface area contributed by atoms with Crippen LogP contribution in [0.4, 0.5) is 16.0 Å². The van der Waals surface area contributed by atoms with Gasteiger partial charge < -0.3 is 27.9 Å². The predicted octanol–water partition coefficient (Wildman–Crippen LogP) is 9.92. The largest absolute Gasteiger partial charge is 0.496 e. The molecular formula is C39H38FN7O5. The van der Waals surface area contributed by atoms with E-state index in [4.69, 9.17) is 32.6 Å². The van der Waals surface area contributed by atoms with Crippen LogP contribution in [0.15, 0.2) is 72.6 Å². The Labute approximate surface area is 298 Å². The lowest BCUT2D eigenvalue weighted by molar-refractivity contribution is 0.393. The van der Waals surface area contributed by atoms with Crippen molar-refractivity contribution in [2.75, 3.05) is 12.4 Å². The van der Waals surface area contributed by atoms with Crippen LogP contribution in [0, 0.1) is 40.4 Å². The molecule has 13 heteroatoms. The molecule has 0 radical (unpaired) electrons. The summed E-state index contributed by atoms with van der Waals surface area (Å²) in [6.45, 7) is 13.6. The van der Waals surface area contributed by atoms with E-state index in [2.05, 4.69) is 40.6 Å². The van der Waals surface area contributed by atoms with E-state index >= 15 is 0 Å². The summed E-state index contributed by atoms with van der Waals surface area (Å²) in [6.07, 6.45) is 1.87. The van der Waals surface area contributed by atoms with Gasteiger partial charge in [-0.3, -0.25) is 4.68 Å². The Morgan fingerprint density at radius 1 is 0.788 bits per heavy atom. The summed E-state index contributed by atoms with van der Waals surface area (Å²) in [5.74, 6) is 4.75. The molecule has 7 aromatic heterocycles. The van der Waals surface area contributed by atoms with E-state index < -0.39 is 0 Å². The topological polar surface area (TPSA) is 143 Å². The first-order valence-corrected chi connectivity index (χ1v) is 16.7. The van der Waals surface area contributed by atoms with Crippen molar-refractivity contribution >= 4 is 33.6 Å². The highest BCUT2D eigenvalue weighted by Gasteiger charge is 2.22. The Hall–Kier alpha value is -6.24. The molecule has 1 aromatic carbocycles. The number of hydrogen-bond acceptors (Lipinski definition) is 11. The summed E-state index contributed by atoms with van der Waals surface area (Å²) in [4.78, 5) is 9.58. The number of aromatic nitrogens is 6. The minimum absolute atomic E-state index is 0.285. The molecule has 12 nitrogen and oxygen atoms in total. The summed E-state index contributed by atoms with van der Waals surface area (Å²) in [5.41, 5.74) is 7.41. The zero-order chi connectivity index (χ0) is 36.8. The summed E-state index contributed by atoms with van der Waals surface area (Å²) in [7, 11) is 3.37. The Morgan fingerprint density at radius 3 is 2.02 bits per heavy atom. The monoisotopic (exact) mass is 703 g/mol. The Balaban J connectivity index is 0.000000162. The van der Waals surface area contributed by atoms with Gasteiger partial charge in [-0.2, -0.15) is 5.10 Å². The molecule has 0 unspecified atom stereocenters. The van der Waals surface area contributed by atoms with Crippen LogP contribution in [-0.4, -0.2) is 37.2 Å². The predicted molar refractivity (Wildman–Crippen MR) is 195 cm³/mol. The van der Waals surface area contributed by atoms with Crippen molar-refractivity contribution in [2.45, 2.75) is 54.4 Å². The van der Waals surface area contributed by atoms with Gasteiger partial charge in [0.15, 0.2) is 22.8 Å². The lowest BCUT2D eigenvalue weighted by Crippen LogP contribution is -1.98. The molecule has 0 saturated heterocycles. The van der Waals surface area contributed by atoms with E-state index in [1.54, 1.807) is 10.7 Å². The normalized spacial score (nSPS) is 11.4. The molecule has 0 saturated carbocycles. The molecule has 0 atom stereocenters. The third-order valence-electron chi connectivity index (χ3n) is 8.67. The van der Waals surface area contributed by atoms with Crippen molar-refractivity contribution in [1.82, 2.24) is 30.1 Å². The minimum Gasteiger partial charge on any atom is -0.496 e. The van der Waals surface area contributed by atoms with Gasteiger partial charge in [0, 0.05) is 47.6 Å². The molecule has 0 aliphatic carbocycles. The fourth-order valence-corrected chi connectivity index (χ4v) is 6.21. The second-order valence-corrected chi connectivity index (χ2v) is 13.0. The molecule has 0 bridgehead atoms. The van der Waals surface area contributed by atoms with Gasteiger partial charge >= 0.3 is 0 Å². The number of hydrogen-bond donors (Lipinski definition) is 1. The number of furan rings is 2. The number of aryl methyl sites for hydroxylation is 6. The molecule has 0 spiro atoms. The maximum Gasteiger partial charge on any atom is 0.176 e. The SMILES string of the molecule is COc1cc(F)ccc1-c1nc(-c2c(C)noc2C)cc2cc(C)oc12.Cc1noc(C)c1-c1cc2cc(C(C)C)oc2c(Nc2ccn(C)n2)n1. The first-order valence-electron chi connectivity index (χ1n) is 16.7. The third-order valence-corrected chi connectivity index (χ3v) is 8.67. The van der Waals surface area contributed by atoms with Crippen molar-refractivity contribution in [3.05, 3.63) is 95.0 Å². The standard InChI is InChI=1S/C20H17FN2O3.C19H21N5O2/c1-10-7-13-8-16(18-11(2)23-26-12(18)3)22-19(20(13)25-10)15-6-5-14(21)9-17(15)24-4;1-10(2)15-9-13-8-14(17-11(3)23-26-12(17)4)20-19(18(13)25-15)21-16-6-7-24(5)22-16/h5-9H,1-4H3;6-10H,1-5H3,(H,20,21,22). The molecule has 7 heterocycles. The zero-order valence-corrected chi connectivity index (χ0v) is 30.4. The van der Waals surface area contributed by atoms with E-state index in [1.165, 1.54) is 19.2 Å². The third kappa shape index (κ3) is 6.41. The van der Waals surface area contributed by atoms with Crippen molar-refractivity contribution < 1.29 is 27.0 Å². The lowest BCUT2D eigenvalue weighted by Gasteiger charge is -2.10. The summed E-state index contributed by atoms with van der Waals surface area (Å²) in [5, 5.41) is 17.6. The fourth-order valence-electron chi connectivity index (χ4n) is 6.21. The number of nitrogens with one attached hydrogen (secondary N) is 1. The quantitative estimate of drug-likeness (QED) is 0.169. The van der Waals surface area contributed by atoms with E-state index in [-0.39, 0.29) is 11.7 Å². The number of rotatable bonds is 7. The number of pyridine rings is 2. The van der Waals surface area contributed by atoms with Gasteiger partial charge in [0.25, 0.3) is 0 Å². The van der Waals surface area contributed by atoms with Crippen molar-refractivity contribution in [2.24, 2.45) is 7.05 Å². The number of halogens is 1. The molecule has 52 heavy (non-hydrogen) atoms. The maximum absolute atomic E-state index is 13.6. The summed E-state index contributed by atoms with van der Waals surface area (Å²) in [6, 6.07) is 14.2. The van der Waals surface area contributed by atoms with Crippen molar-refractivity contribution in [3.63, 3.8) is 0 Å². The second kappa shape index (κ2) is 13.5. The van der Waals surface area contributed by atoms with Gasteiger partial charge in [0.05, 0.1) is 41.0 Å². The van der Waals surface area contributed by atoms with Crippen LogP contribution in [0.5, 0.6) is 5.75 Å². The van der Waals surface area contributed by atoms with Crippen molar-refractivity contribution in [1.29, 1.82) is 0 Å². The number of methoxy groups -OCH3 is 1. The van der Waals surface area contributed by atoms with Gasteiger partial charge in [-0.05, 0) is 71.0 Å². The van der Waals surface area contributed by atoms with Crippen LogP contribution in [-0.2, 0) is 7.05 Å². The van der Waals surface area contributed by atoms with E-state index in [0.717, 1.165) is 67.5 Å². The number of nitrogens with zero attached hydrogens (tertiary/aromatic N) is 6. The minimum atomic E-state index is -0.376. The number of benzene rings is 1. The molecule has 266 valence electrons. The van der Waals surface area contributed by atoms with Gasteiger partial charge in [0.1, 0.15) is 40.3 Å². The molecule has 0 fully saturated rings. The molecule has 0 aliphatic heterocycles. The van der Waals surface area contributed by atoms with Gasteiger partial charge in [-0.25, -0.2) is 14.4 Å². The Morgan fingerprint density at radius 2 is 1.44 bits per heavy atom. The first kappa shape index (κ1) is 34.2. The van der Waals surface area contributed by atoms with Crippen LogP contribution in [0.3, 0.4) is 0 Å². The second-order valence-electron chi connectivity index (χ2n) is 13.0. The highest BCUT2D eigenvalue weighted by Crippen LogP contribution is 2.39. The van der Waals surface area contributed by atoms with Crippen molar-refractivity contribution in [3.8, 4) is 39.5 Å². The van der Waals surface area contributed by atoms with Gasteiger partial charge in [-0.15, -0.1) is 0 Å². The first-order chi connectivity index (χ1) is 24.9. The van der Waals surface area contributed by atoms with E-state index in [1.807, 2.05) is 72.1 Å². The van der Waals surface area contributed by atoms with Crippen LogP contribution >= 0.6 is 0 Å². The number of ether oxygens (including phenoxy) is 1. The lowest BCUT2D eigenvalue weighted by atomic mass is 10.0. The number of anilines is 2. The Bertz CT molecular complexity index is 2530. The zero-order valence-electron chi connectivity index (χ0n) is 30.4. The van der Waals surface area contributed by atoms with E-state index in [0.29, 0.717) is 40.0 Å².